The lowest BCUT2D eigenvalue weighted by Crippen LogP contribution is -2.50. The van der Waals surface area contributed by atoms with E-state index in [1.54, 1.807) is 11.0 Å². The summed E-state index contributed by atoms with van der Waals surface area (Å²) in [5.74, 6) is 0.312. The average molecular weight is 294 g/mol. The molecule has 1 aliphatic heterocycles. The van der Waals surface area contributed by atoms with Crippen molar-refractivity contribution in [3.8, 4) is 0 Å². The molecule has 0 aliphatic carbocycles. The highest BCUT2D eigenvalue weighted by molar-refractivity contribution is 5.77. The third kappa shape index (κ3) is 3.66. The number of ether oxygens (including phenoxy) is 1. The van der Waals surface area contributed by atoms with Crippen molar-refractivity contribution in [2.75, 3.05) is 44.3 Å². The van der Waals surface area contributed by atoms with E-state index < -0.39 is 4.92 Å². The van der Waals surface area contributed by atoms with Gasteiger partial charge < -0.3 is 14.5 Å². The first-order chi connectivity index (χ1) is 10.1. The Morgan fingerprint density at radius 3 is 2.76 bits per heavy atom. The summed E-state index contributed by atoms with van der Waals surface area (Å²) >= 11 is 0. The van der Waals surface area contributed by atoms with E-state index in [2.05, 4.69) is 4.98 Å². The first-order valence-corrected chi connectivity index (χ1v) is 6.83. The lowest BCUT2D eigenvalue weighted by atomic mass is 10.3. The van der Waals surface area contributed by atoms with Crippen LogP contribution in [0.15, 0.2) is 18.3 Å². The molecular weight excluding hydrogens is 276 g/mol. The molecule has 1 aromatic heterocycles. The lowest BCUT2D eigenvalue weighted by molar-refractivity contribution is -0.384. The minimum Gasteiger partial charge on any atom is -0.372 e. The number of nitro groups is 1. The lowest BCUT2D eigenvalue weighted by Gasteiger charge is -2.35. The Balaban J connectivity index is 1.98. The number of amides is 1. The van der Waals surface area contributed by atoms with Crippen LogP contribution in [0.3, 0.4) is 0 Å². The van der Waals surface area contributed by atoms with Crippen molar-refractivity contribution in [1.82, 2.24) is 9.88 Å². The van der Waals surface area contributed by atoms with Crippen LogP contribution in [0.4, 0.5) is 11.5 Å². The summed E-state index contributed by atoms with van der Waals surface area (Å²) in [6.07, 6.45) is 1.54. The molecule has 2 heterocycles. The molecule has 21 heavy (non-hydrogen) atoms. The summed E-state index contributed by atoms with van der Waals surface area (Å²) in [6.45, 7) is 4.50. The monoisotopic (exact) mass is 294 g/mol. The minimum atomic E-state index is -0.436. The van der Waals surface area contributed by atoms with Crippen LogP contribution < -0.4 is 4.90 Å². The summed E-state index contributed by atoms with van der Waals surface area (Å²) in [4.78, 5) is 30.1. The Morgan fingerprint density at radius 1 is 1.43 bits per heavy atom. The normalized spacial score (nSPS) is 15.1. The Kier molecular flexibility index (Phi) is 5.04. The van der Waals surface area contributed by atoms with E-state index in [1.807, 2.05) is 11.8 Å². The quantitative estimate of drug-likeness (QED) is 0.586. The average Bonchev–Trinajstić information content (AvgIpc) is 2.52. The number of nitrogens with zero attached hydrogens (tertiary/aromatic N) is 4. The Bertz CT molecular complexity index is 515. The van der Waals surface area contributed by atoms with Gasteiger partial charge in [-0.05, 0) is 13.0 Å². The highest BCUT2D eigenvalue weighted by Crippen LogP contribution is 2.25. The second kappa shape index (κ2) is 6.98. The molecule has 0 bridgehead atoms. The molecule has 1 fully saturated rings. The molecule has 1 amide bonds. The van der Waals surface area contributed by atoms with Gasteiger partial charge in [0.05, 0.1) is 4.92 Å². The van der Waals surface area contributed by atoms with Crippen LogP contribution >= 0.6 is 0 Å². The minimum absolute atomic E-state index is 0.00778. The molecule has 2 rings (SSSR count). The van der Waals surface area contributed by atoms with Crippen LogP contribution in [-0.2, 0) is 9.53 Å². The van der Waals surface area contributed by atoms with Crippen molar-refractivity contribution < 1.29 is 14.5 Å². The van der Waals surface area contributed by atoms with Gasteiger partial charge in [0.1, 0.15) is 6.61 Å². The number of piperazine rings is 1. The first-order valence-electron chi connectivity index (χ1n) is 6.83. The van der Waals surface area contributed by atoms with Gasteiger partial charge in [0.15, 0.2) is 0 Å². The van der Waals surface area contributed by atoms with E-state index in [-0.39, 0.29) is 18.2 Å². The van der Waals surface area contributed by atoms with Gasteiger partial charge in [-0.2, -0.15) is 0 Å². The summed E-state index contributed by atoms with van der Waals surface area (Å²) in [6, 6.07) is 2.98. The van der Waals surface area contributed by atoms with Gasteiger partial charge in [0, 0.05) is 45.0 Å². The molecule has 0 spiro atoms. The van der Waals surface area contributed by atoms with Crippen molar-refractivity contribution >= 4 is 17.4 Å². The predicted molar refractivity (Wildman–Crippen MR) is 76.2 cm³/mol. The number of pyridine rings is 1. The molecule has 0 unspecified atom stereocenters. The largest absolute Gasteiger partial charge is 0.372 e. The number of carbonyl (C=O) groups is 1. The van der Waals surface area contributed by atoms with Crippen LogP contribution in [0, 0.1) is 10.1 Å². The van der Waals surface area contributed by atoms with Gasteiger partial charge in [-0.15, -0.1) is 0 Å². The second-order valence-corrected chi connectivity index (χ2v) is 4.61. The SMILES string of the molecule is CCOCC(=O)N1CCN(c2ncccc2[N+](=O)[O-])CC1. The van der Waals surface area contributed by atoms with Gasteiger partial charge in [-0.25, -0.2) is 4.98 Å². The van der Waals surface area contributed by atoms with Crippen molar-refractivity contribution in [2.24, 2.45) is 0 Å². The number of carbonyl (C=O) groups excluding carboxylic acids is 1. The highest BCUT2D eigenvalue weighted by Gasteiger charge is 2.26. The maximum absolute atomic E-state index is 11.8. The fourth-order valence-corrected chi connectivity index (χ4v) is 2.22. The fourth-order valence-electron chi connectivity index (χ4n) is 2.22. The number of hydrogen-bond acceptors (Lipinski definition) is 6. The summed E-state index contributed by atoms with van der Waals surface area (Å²) < 4.78 is 5.10. The second-order valence-electron chi connectivity index (χ2n) is 4.61. The van der Waals surface area contributed by atoms with E-state index >= 15 is 0 Å². The fraction of sp³-hybridized carbons (Fsp3) is 0.538. The van der Waals surface area contributed by atoms with Crippen LogP contribution in [0.25, 0.3) is 0 Å². The molecule has 1 aromatic rings. The number of hydrogen-bond donors (Lipinski definition) is 0. The topological polar surface area (TPSA) is 88.8 Å². The molecule has 8 heteroatoms. The van der Waals surface area contributed by atoms with Crippen LogP contribution in [0.5, 0.6) is 0 Å². The van der Waals surface area contributed by atoms with Gasteiger partial charge >= 0.3 is 5.69 Å². The van der Waals surface area contributed by atoms with Gasteiger partial charge in [0.2, 0.25) is 11.7 Å². The molecule has 0 aromatic carbocycles. The summed E-state index contributed by atoms with van der Waals surface area (Å²) in [5.41, 5.74) is -0.00778. The number of rotatable bonds is 5. The van der Waals surface area contributed by atoms with Crippen molar-refractivity contribution in [3.05, 3.63) is 28.4 Å². The third-order valence-corrected chi connectivity index (χ3v) is 3.32. The van der Waals surface area contributed by atoms with E-state index in [1.165, 1.54) is 12.3 Å². The molecule has 0 radical (unpaired) electrons. The summed E-state index contributed by atoms with van der Waals surface area (Å²) in [5, 5.41) is 11.0. The molecule has 0 saturated carbocycles. The van der Waals surface area contributed by atoms with Crippen LogP contribution in [0.1, 0.15) is 6.92 Å². The standard InChI is InChI=1S/C13H18N4O4/c1-2-21-10-12(18)15-6-8-16(9-7-15)13-11(17(19)20)4-3-5-14-13/h3-5H,2,6-10H2,1H3. The van der Waals surface area contributed by atoms with Gasteiger partial charge in [-0.1, -0.05) is 0 Å². The van der Waals surface area contributed by atoms with E-state index in [4.69, 9.17) is 4.74 Å². The first kappa shape index (κ1) is 15.2. The van der Waals surface area contributed by atoms with E-state index in [0.717, 1.165) is 0 Å². The number of aromatic nitrogens is 1. The molecule has 114 valence electrons. The highest BCUT2D eigenvalue weighted by atomic mass is 16.6. The van der Waals surface area contributed by atoms with Crippen molar-refractivity contribution in [1.29, 1.82) is 0 Å². The summed E-state index contributed by atoms with van der Waals surface area (Å²) in [7, 11) is 0. The van der Waals surface area contributed by atoms with Gasteiger partial charge in [0.25, 0.3) is 0 Å². The van der Waals surface area contributed by atoms with E-state index in [9.17, 15) is 14.9 Å². The zero-order valence-electron chi connectivity index (χ0n) is 11.9. The number of anilines is 1. The van der Waals surface area contributed by atoms with Crippen LogP contribution in [0.2, 0.25) is 0 Å². The Hall–Kier alpha value is -2.22. The Morgan fingerprint density at radius 2 is 2.14 bits per heavy atom. The molecule has 1 saturated heterocycles. The maximum Gasteiger partial charge on any atom is 0.311 e. The molecule has 0 N–H and O–H groups in total. The Labute approximate surface area is 122 Å². The van der Waals surface area contributed by atoms with Crippen molar-refractivity contribution in [2.45, 2.75) is 6.92 Å². The zero-order chi connectivity index (χ0) is 15.2. The third-order valence-electron chi connectivity index (χ3n) is 3.32. The zero-order valence-corrected chi connectivity index (χ0v) is 11.9. The molecule has 8 nitrogen and oxygen atoms in total. The van der Waals surface area contributed by atoms with Crippen molar-refractivity contribution in [3.63, 3.8) is 0 Å². The van der Waals surface area contributed by atoms with Gasteiger partial charge in [-0.3, -0.25) is 14.9 Å². The smallest absolute Gasteiger partial charge is 0.311 e. The molecular formula is C13H18N4O4. The maximum atomic E-state index is 11.8. The van der Waals surface area contributed by atoms with E-state index in [0.29, 0.717) is 38.6 Å². The predicted octanol–water partition coefficient (Wildman–Crippen LogP) is 0.675. The van der Waals surface area contributed by atoms with Crippen LogP contribution in [-0.4, -0.2) is 60.1 Å². The molecule has 0 atom stereocenters. The molecule has 1 aliphatic rings.